The number of benzene rings is 2. The van der Waals surface area contributed by atoms with E-state index in [1.54, 1.807) is 20.3 Å². The molecule has 0 aliphatic rings. The third kappa shape index (κ3) is 4.97. The molecule has 0 bridgehead atoms. The van der Waals surface area contributed by atoms with Crippen LogP contribution in [-0.4, -0.2) is 36.6 Å². The van der Waals surface area contributed by atoms with Gasteiger partial charge < -0.3 is 20.1 Å². The highest BCUT2D eigenvalue weighted by Crippen LogP contribution is 2.20. The molecule has 0 spiro atoms. The number of para-hydroxylation sites is 1. The minimum atomic E-state index is -0.258. The number of methoxy groups -OCH3 is 2. The molecule has 0 unspecified atom stereocenters. The number of rotatable bonds is 8. The molecule has 7 nitrogen and oxygen atoms in total. The molecule has 0 atom stereocenters. The van der Waals surface area contributed by atoms with Gasteiger partial charge in [-0.1, -0.05) is 24.3 Å². The second-order valence-electron chi connectivity index (χ2n) is 5.96. The van der Waals surface area contributed by atoms with Crippen LogP contribution in [0, 0.1) is 0 Å². The van der Waals surface area contributed by atoms with E-state index >= 15 is 0 Å². The van der Waals surface area contributed by atoms with Gasteiger partial charge in [0.1, 0.15) is 29.3 Å². The highest BCUT2D eigenvalue weighted by molar-refractivity contribution is 5.93. The van der Waals surface area contributed by atoms with Gasteiger partial charge in [0.05, 0.1) is 14.2 Å². The van der Waals surface area contributed by atoms with Crippen LogP contribution in [0.15, 0.2) is 60.9 Å². The molecule has 0 aliphatic carbocycles. The molecule has 0 saturated carbocycles. The van der Waals surface area contributed by atoms with Crippen LogP contribution in [0.2, 0.25) is 0 Å². The Hall–Kier alpha value is -3.61. The molecule has 3 aromatic rings. The van der Waals surface area contributed by atoms with Crippen LogP contribution in [0.1, 0.15) is 16.1 Å². The lowest BCUT2D eigenvalue weighted by Gasteiger charge is -2.10. The molecule has 0 saturated heterocycles. The molecule has 7 heteroatoms. The summed E-state index contributed by atoms with van der Waals surface area (Å²) in [6.07, 6.45) is 2.02. The number of nitrogens with one attached hydrogen (secondary N) is 2. The maximum absolute atomic E-state index is 12.4. The average molecular weight is 378 g/mol. The fourth-order valence-corrected chi connectivity index (χ4v) is 2.71. The van der Waals surface area contributed by atoms with Crippen molar-refractivity contribution >= 4 is 17.4 Å². The van der Waals surface area contributed by atoms with E-state index in [4.69, 9.17) is 9.47 Å². The Labute approximate surface area is 163 Å². The largest absolute Gasteiger partial charge is 0.497 e. The Morgan fingerprint density at radius 2 is 1.86 bits per heavy atom. The summed E-state index contributed by atoms with van der Waals surface area (Å²) in [6, 6.07) is 16.8. The summed E-state index contributed by atoms with van der Waals surface area (Å²) in [6.45, 7) is 0.474. The molecule has 2 N–H and O–H groups in total. The van der Waals surface area contributed by atoms with Gasteiger partial charge in [0, 0.05) is 24.4 Å². The van der Waals surface area contributed by atoms with Crippen molar-refractivity contribution < 1.29 is 14.3 Å². The first kappa shape index (κ1) is 19.2. The Kier molecular flexibility index (Phi) is 6.41. The van der Waals surface area contributed by atoms with E-state index in [0.717, 1.165) is 22.7 Å². The number of carbonyl (C=O) groups is 1. The van der Waals surface area contributed by atoms with Crippen molar-refractivity contribution in [3.63, 3.8) is 0 Å². The van der Waals surface area contributed by atoms with Crippen LogP contribution in [0.4, 0.5) is 11.5 Å². The quantitative estimate of drug-likeness (QED) is 0.626. The Morgan fingerprint density at radius 3 is 2.68 bits per heavy atom. The van der Waals surface area contributed by atoms with Crippen molar-refractivity contribution in [1.29, 1.82) is 0 Å². The predicted molar refractivity (Wildman–Crippen MR) is 107 cm³/mol. The first-order valence-electron chi connectivity index (χ1n) is 8.83. The summed E-state index contributed by atoms with van der Waals surface area (Å²) in [5.41, 5.74) is 2.13. The van der Waals surface area contributed by atoms with Gasteiger partial charge in [0.15, 0.2) is 0 Å². The smallest absolute Gasteiger partial charge is 0.270 e. The van der Waals surface area contributed by atoms with Crippen molar-refractivity contribution in [2.24, 2.45) is 0 Å². The summed E-state index contributed by atoms with van der Waals surface area (Å²) in [5.74, 6) is 1.81. The number of ether oxygens (including phenoxy) is 2. The van der Waals surface area contributed by atoms with Gasteiger partial charge in [-0.2, -0.15) is 0 Å². The molecule has 2 aromatic carbocycles. The molecule has 3 rings (SSSR count). The van der Waals surface area contributed by atoms with Gasteiger partial charge in [-0.15, -0.1) is 0 Å². The van der Waals surface area contributed by atoms with Crippen LogP contribution in [0.5, 0.6) is 11.5 Å². The lowest BCUT2D eigenvalue weighted by Crippen LogP contribution is -2.26. The lowest BCUT2D eigenvalue weighted by molar-refractivity contribution is 0.0949. The van der Waals surface area contributed by atoms with Crippen molar-refractivity contribution in [3.05, 3.63) is 72.2 Å². The second-order valence-corrected chi connectivity index (χ2v) is 5.96. The number of amides is 1. The molecule has 1 aromatic heterocycles. The van der Waals surface area contributed by atoms with Crippen LogP contribution in [0.25, 0.3) is 0 Å². The number of hydrogen-bond acceptors (Lipinski definition) is 6. The number of anilines is 2. The lowest BCUT2D eigenvalue weighted by atomic mass is 10.1. The summed E-state index contributed by atoms with van der Waals surface area (Å²) in [7, 11) is 3.24. The Morgan fingerprint density at radius 1 is 1.00 bits per heavy atom. The maximum Gasteiger partial charge on any atom is 0.270 e. The van der Waals surface area contributed by atoms with Gasteiger partial charge >= 0.3 is 0 Å². The highest BCUT2D eigenvalue weighted by atomic mass is 16.5. The normalized spacial score (nSPS) is 10.2. The molecule has 0 radical (unpaired) electrons. The van der Waals surface area contributed by atoms with Crippen molar-refractivity contribution in [2.75, 3.05) is 26.1 Å². The van der Waals surface area contributed by atoms with Gasteiger partial charge in [-0.05, 0) is 30.2 Å². The summed E-state index contributed by atoms with van der Waals surface area (Å²) >= 11 is 0. The van der Waals surface area contributed by atoms with Crippen LogP contribution < -0.4 is 20.1 Å². The van der Waals surface area contributed by atoms with Crippen LogP contribution in [-0.2, 0) is 6.42 Å². The van der Waals surface area contributed by atoms with Gasteiger partial charge in [-0.25, -0.2) is 9.97 Å². The molecule has 0 aliphatic heterocycles. The summed E-state index contributed by atoms with van der Waals surface area (Å²) in [5, 5.41) is 6.02. The fourth-order valence-electron chi connectivity index (χ4n) is 2.71. The van der Waals surface area contributed by atoms with Crippen LogP contribution in [0.3, 0.4) is 0 Å². The molecular weight excluding hydrogens is 356 g/mol. The molecule has 144 valence electrons. The molecule has 0 fully saturated rings. The third-order valence-electron chi connectivity index (χ3n) is 4.11. The van der Waals surface area contributed by atoms with E-state index < -0.39 is 0 Å². The van der Waals surface area contributed by atoms with E-state index in [1.165, 1.54) is 6.33 Å². The van der Waals surface area contributed by atoms with E-state index in [0.29, 0.717) is 24.5 Å². The van der Waals surface area contributed by atoms with E-state index in [9.17, 15) is 4.79 Å². The minimum absolute atomic E-state index is 0.258. The second kappa shape index (κ2) is 9.36. The molecule has 28 heavy (non-hydrogen) atoms. The van der Waals surface area contributed by atoms with Crippen molar-refractivity contribution in [2.45, 2.75) is 6.42 Å². The Bertz CT molecular complexity index is 946. The van der Waals surface area contributed by atoms with Gasteiger partial charge in [0.25, 0.3) is 5.91 Å². The Balaban J connectivity index is 1.60. The summed E-state index contributed by atoms with van der Waals surface area (Å²) < 4.78 is 10.5. The number of hydrogen-bond donors (Lipinski definition) is 2. The number of nitrogens with zero attached hydrogens (tertiary/aromatic N) is 2. The zero-order chi connectivity index (χ0) is 19.8. The standard InChI is InChI=1S/C21H22N4O3/c1-27-17-8-5-7-16(12-17)25-20-13-18(23-14-24-20)21(26)22-11-10-15-6-3-4-9-19(15)28-2/h3-9,12-14H,10-11H2,1-2H3,(H,22,26)(H,23,24,25). The van der Waals surface area contributed by atoms with E-state index in [2.05, 4.69) is 20.6 Å². The van der Waals surface area contributed by atoms with Crippen LogP contribution >= 0.6 is 0 Å². The van der Waals surface area contributed by atoms with E-state index in [1.807, 2.05) is 48.5 Å². The van der Waals surface area contributed by atoms with Crippen molar-refractivity contribution in [1.82, 2.24) is 15.3 Å². The monoisotopic (exact) mass is 378 g/mol. The average Bonchev–Trinajstić information content (AvgIpc) is 2.74. The first-order valence-corrected chi connectivity index (χ1v) is 8.83. The number of aromatic nitrogens is 2. The predicted octanol–water partition coefficient (Wildman–Crippen LogP) is 3.21. The maximum atomic E-state index is 12.4. The molecular formula is C21H22N4O3. The topological polar surface area (TPSA) is 85.4 Å². The first-order chi connectivity index (χ1) is 13.7. The van der Waals surface area contributed by atoms with Gasteiger partial charge in [-0.3, -0.25) is 4.79 Å². The van der Waals surface area contributed by atoms with E-state index in [-0.39, 0.29) is 5.91 Å². The number of carbonyl (C=O) groups excluding carboxylic acids is 1. The zero-order valence-corrected chi connectivity index (χ0v) is 15.8. The summed E-state index contributed by atoms with van der Waals surface area (Å²) in [4.78, 5) is 20.6. The minimum Gasteiger partial charge on any atom is -0.497 e. The highest BCUT2D eigenvalue weighted by Gasteiger charge is 2.09. The SMILES string of the molecule is COc1cccc(Nc2cc(C(=O)NCCc3ccccc3OC)ncn2)c1. The fraction of sp³-hybridized carbons (Fsp3) is 0.190. The van der Waals surface area contributed by atoms with Crippen molar-refractivity contribution in [3.8, 4) is 11.5 Å². The third-order valence-corrected chi connectivity index (χ3v) is 4.11. The molecule has 1 amide bonds. The molecule has 1 heterocycles. The van der Waals surface area contributed by atoms with Gasteiger partial charge in [0.2, 0.25) is 0 Å². The zero-order valence-electron chi connectivity index (χ0n) is 15.8.